The van der Waals surface area contributed by atoms with Gasteiger partial charge in [0, 0.05) is 0 Å². The summed E-state index contributed by atoms with van der Waals surface area (Å²) < 4.78 is 0. The van der Waals surface area contributed by atoms with E-state index >= 15 is 0 Å². The van der Waals surface area contributed by atoms with Crippen LogP contribution < -0.4 is 21.7 Å². The molecule has 0 aliphatic heterocycles. The molecule has 0 bridgehead atoms. The molecular weight excluding hydrogens is 360 g/mol. The lowest BCUT2D eigenvalue weighted by Crippen LogP contribution is -2.59. The lowest BCUT2D eigenvalue weighted by Gasteiger charge is -2.24. The van der Waals surface area contributed by atoms with Crippen LogP contribution in [0.2, 0.25) is 0 Å². The normalized spacial score (nSPS) is 17.6. The Bertz CT molecular complexity index is 541. The Balaban J connectivity index is 4.85. The second kappa shape index (κ2) is 11.5. The zero-order valence-electron chi connectivity index (χ0n) is 15.9. The molecule has 156 valence electrons. The van der Waals surface area contributed by atoms with Crippen molar-refractivity contribution in [3.63, 3.8) is 0 Å². The number of carbonyl (C=O) groups excluding carboxylic acids is 3. The second-order valence-corrected chi connectivity index (χ2v) is 6.45. The summed E-state index contributed by atoms with van der Waals surface area (Å²) in [7, 11) is 0. The number of aliphatic hydroxyl groups is 2. The average Bonchev–Trinajstić information content (AvgIpc) is 2.61. The number of aliphatic hydroxyl groups excluding tert-OH is 2. The molecule has 0 aromatic heterocycles. The fraction of sp³-hybridized carbons (Fsp3) is 0.750. The average molecular weight is 390 g/mol. The lowest BCUT2D eigenvalue weighted by molar-refractivity contribution is -0.145. The molecule has 0 fully saturated rings. The molecule has 0 rings (SSSR count). The predicted molar refractivity (Wildman–Crippen MR) is 95.3 cm³/mol. The molecule has 0 aliphatic rings. The lowest BCUT2D eigenvalue weighted by atomic mass is 9.99. The molecule has 11 heteroatoms. The summed E-state index contributed by atoms with van der Waals surface area (Å²) in [6.45, 7) is 5.40. The van der Waals surface area contributed by atoms with Gasteiger partial charge >= 0.3 is 5.97 Å². The van der Waals surface area contributed by atoms with Gasteiger partial charge in [0.15, 0.2) is 6.04 Å². The fourth-order valence-corrected chi connectivity index (χ4v) is 2.02. The van der Waals surface area contributed by atoms with Gasteiger partial charge in [0.25, 0.3) is 0 Å². The Labute approximate surface area is 157 Å². The highest BCUT2D eigenvalue weighted by Crippen LogP contribution is 2.05. The molecule has 0 heterocycles. The summed E-state index contributed by atoms with van der Waals surface area (Å²) in [5, 5.41) is 34.3. The number of hydrogen-bond donors (Lipinski definition) is 7. The summed E-state index contributed by atoms with van der Waals surface area (Å²) in [6, 6.07) is -4.90. The Kier molecular flexibility index (Phi) is 10.5. The van der Waals surface area contributed by atoms with Crippen molar-refractivity contribution in [2.75, 3.05) is 6.61 Å². The number of aliphatic carboxylic acids is 1. The largest absolute Gasteiger partial charge is 0.480 e. The smallest absolute Gasteiger partial charge is 0.328 e. The molecule has 0 aromatic rings. The minimum atomic E-state index is -1.60. The van der Waals surface area contributed by atoms with Gasteiger partial charge in [-0.25, -0.2) is 4.79 Å². The maximum Gasteiger partial charge on any atom is 0.328 e. The number of rotatable bonds is 11. The molecule has 11 nitrogen and oxygen atoms in total. The molecule has 27 heavy (non-hydrogen) atoms. The minimum absolute atomic E-state index is 0.0929. The third-order valence-corrected chi connectivity index (χ3v) is 4.17. The van der Waals surface area contributed by atoms with Gasteiger partial charge in [-0.3, -0.25) is 14.4 Å². The van der Waals surface area contributed by atoms with E-state index in [-0.39, 0.29) is 5.92 Å². The fourth-order valence-electron chi connectivity index (χ4n) is 2.02. The first-order chi connectivity index (χ1) is 12.5. The van der Waals surface area contributed by atoms with Crippen LogP contribution in [0.1, 0.15) is 34.1 Å². The van der Waals surface area contributed by atoms with E-state index in [2.05, 4.69) is 10.6 Å². The molecule has 6 atom stereocenters. The van der Waals surface area contributed by atoms with Crippen LogP contribution in [-0.2, 0) is 19.2 Å². The molecular formula is C16H30N4O7. The highest BCUT2D eigenvalue weighted by atomic mass is 16.4. The first-order valence-corrected chi connectivity index (χ1v) is 8.64. The molecule has 3 amide bonds. The highest BCUT2D eigenvalue weighted by Gasteiger charge is 2.30. The Morgan fingerprint density at radius 3 is 1.93 bits per heavy atom. The van der Waals surface area contributed by atoms with Crippen molar-refractivity contribution in [1.29, 1.82) is 0 Å². The molecule has 6 unspecified atom stereocenters. The summed E-state index contributed by atoms with van der Waals surface area (Å²) in [5.74, 6) is -3.85. The van der Waals surface area contributed by atoms with Gasteiger partial charge < -0.3 is 37.0 Å². The number of hydrogen-bond acceptors (Lipinski definition) is 7. The van der Waals surface area contributed by atoms with Crippen LogP contribution >= 0.6 is 0 Å². The number of nitrogens with two attached hydrogens (primary N) is 1. The third-order valence-electron chi connectivity index (χ3n) is 4.17. The molecule has 0 radical (unpaired) electrons. The van der Waals surface area contributed by atoms with Crippen LogP contribution in [0.4, 0.5) is 0 Å². The molecule has 0 saturated heterocycles. The van der Waals surface area contributed by atoms with E-state index in [1.54, 1.807) is 6.92 Å². The highest BCUT2D eigenvalue weighted by molar-refractivity contribution is 5.94. The Morgan fingerprint density at radius 1 is 0.963 bits per heavy atom. The van der Waals surface area contributed by atoms with Crippen molar-refractivity contribution < 1.29 is 34.5 Å². The van der Waals surface area contributed by atoms with E-state index in [0.29, 0.717) is 6.42 Å². The van der Waals surface area contributed by atoms with Gasteiger partial charge in [-0.2, -0.15) is 0 Å². The van der Waals surface area contributed by atoms with E-state index in [0.717, 1.165) is 0 Å². The zero-order valence-corrected chi connectivity index (χ0v) is 15.9. The Hall–Kier alpha value is -2.24. The molecule has 8 N–H and O–H groups in total. The standard InChI is InChI=1S/C16H30N4O7/c1-5-7(2)11(17)15(25)18-8(3)13(23)19-10(6-21)14(24)20-12(9(4)22)16(26)27/h7-12,21-22H,5-6,17H2,1-4H3,(H,18,25)(H,19,23)(H,20,24)(H,26,27). The van der Waals surface area contributed by atoms with Crippen molar-refractivity contribution in [3.05, 3.63) is 0 Å². The van der Waals surface area contributed by atoms with Gasteiger partial charge in [-0.1, -0.05) is 20.3 Å². The molecule has 0 saturated carbocycles. The third kappa shape index (κ3) is 7.89. The van der Waals surface area contributed by atoms with Crippen molar-refractivity contribution in [1.82, 2.24) is 16.0 Å². The first-order valence-electron chi connectivity index (χ1n) is 8.64. The topological polar surface area (TPSA) is 191 Å². The van der Waals surface area contributed by atoms with Crippen molar-refractivity contribution in [2.45, 2.75) is 64.4 Å². The van der Waals surface area contributed by atoms with Gasteiger partial charge in [0.1, 0.15) is 12.1 Å². The van der Waals surface area contributed by atoms with Crippen molar-refractivity contribution in [3.8, 4) is 0 Å². The van der Waals surface area contributed by atoms with E-state index in [1.165, 1.54) is 13.8 Å². The predicted octanol–water partition coefficient (Wildman–Crippen LogP) is -2.71. The van der Waals surface area contributed by atoms with Crippen molar-refractivity contribution >= 4 is 23.7 Å². The van der Waals surface area contributed by atoms with E-state index in [1.807, 2.05) is 12.2 Å². The molecule has 0 spiro atoms. The van der Waals surface area contributed by atoms with Crippen LogP contribution in [0.3, 0.4) is 0 Å². The van der Waals surface area contributed by atoms with Crippen LogP contribution in [0, 0.1) is 5.92 Å². The van der Waals surface area contributed by atoms with E-state index in [4.69, 9.17) is 10.8 Å². The monoisotopic (exact) mass is 390 g/mol. The summed E-state index contributed by atoms with van der Waals surface area (Å²) in [6.07, 6.45) is -0.711. The van der Waals surface area contributed by atoms with Crippen LogP contribution in [0.5, 0.6) is 0 Å². The van der Waals surface area contributed by atoms with Crippen LogP contribution in [-0.4, -0.2) is 75.9 Å². The maximum absolute atomic E-state index is 12.1. The van der Waals surface area contributed by atoms with Crippen LogP contribution in [0.15, 0.2) is 0 Å². The molecule has 0 aliphatic carbocycles. The van der Waals surface area contributed by atoms with Crippen LogP contribution in [0.25, 0.3) is 0 Å². The molecule has 0 aromatic carbocycles. The van der Waals surface area contributed by atoms with Gasteiger partial charge in [-0.15, -0.1) is 0 Å². The first kappa shape index (κ1) is 24.8. The second-order valence-electron chi connectivity index (χ2n) is 6.45. The number of carbonyl (C=O) groups is 4. The summed E-state index contributed by atoms with van der Waals surface area (Å²) in [4.78, 5) is 47.2. The quantitative estimate of drug-likeness (QED) is 0.198. The summed E-state index contributed by atoms with van der Waals surface area (Å²) >= 11 is 0. The SMILES string of the molecule is CCC(C)C(N)C(=O)NC(C)C(=O)NC(CO)C(=O)NC(C(=O)O)C(C)O. The van der Waals surface area contributed by atoms with Gasteiger partial charge in [0.2, 0.25) is 17.7 Å². The number of carboxylic acid groups (broad SMARTS) is 1. The number of nitrogens with one attached hydrogen (secondary N) is 3. The van der Waals surface area contributed by atoms with Gasteiger partial charge in [-0.05, 0) is 19.8 Å². The summed E-state index contributed by atoms with van der Waals surface area (Å²) in [5.41, 5.74) is 5.78. The minimum Gasteiger partial charge on any atom is -0.480 e. The zero-order chi connectivity index (χ0) is 21.3. The number of carboxylic acids is 1. The van der Waals surface area contributed by atoms with Crippen molar-refractivity contribution in [2.24, 2.45) is 11.7 Å². The van der Waals surface area contributed by atoms with E-state index < -0.39 is 60.6 Å². The Morgan fingerprint density at radius 2 is 1.52 bits per heavy atom. The van der Waals surface area contributed by atoms with Gasteiger partial charge in [0.05, 0.1) is 18.8 Å². The number of amides is 3. The van der Waals surface area contributed by atoms with E-state index in [9.17, 15) is 29.4 Å². The maximum atomic E-state index is 12.1.